The lowest BCUT2D eigenvalue weighted by molar-refractivity contribution is 0.432. The van der Waals surface area contributed by atoms with Crippen LogP contribution in [0.15, 0.2) is 18.2 Å². The summed E-state index contributed by atoms with van der Waals surface area (Å²) in [6.07, 6.45) is 0. The van der Waals surface area contributed by atoms with E-state index in [9.17, 15) is 13.2 Å². The van der Waals surface area contributed by atoms with Gasteiger partial charge in [-0.2, -0.15) is 5.10 Å². The molecular weight excluding hydrogens is 267 g/mol. The highest BCUT2D eigenvalue weighted by molar-refractivity contribution is 5.31. The van der Waals surface area contributed by atoms with Gasteiger partial charge in [-0.05, 0) is 33.0 Å². The fraction of sp³-hybridized carbons (Fsp3) is 0.357. The Labute approximate surface area is 115 Å². The molecule has 1 N–H and O–H groups in total. The number of nitrogens with one attached hydrogen (secondary N) is 1. The highest BCUT2D eigenvalue weighted by Crippen LogP contribution is 2.27. The van der Waals surface area contributed by atoms with Crippen LogP contribution in [0.3, 0.4) is 0 Å². The van der Waals surface area contributed by atoms with Gasteiger partial charge in [-0.15, -0.1) is 0 Å². The van der Waals surface area contributed by atoms with Crippen LogP contribution in [0.4, 0.5) is 13.2 Å². The van der Waals surface area contributed by atoms with Crippen molar-refractivity contribution in [3.05, 3.63) is 52.6 Å². The molecule has 20 heavy (non-hydrogen) atoms. The summed E-state index contributed by atoms with van der Waals surface area (Å²) in [4.78, 5) is 0. The molecule has 1 atom stereocenters. The molecule has 1 aromatic carbocycles. The molecule has 0 aliphatic rings. The molecular formula is C14H16F3N3. The van der Waals surface area contributed by atoms with Gasteiger partial charge < -0.3 is 5.32 Å². The van der Waals surface area contributed by atoms with Gasteiger partial charge >= 0.3 is 0 Å². The Hall–Kier alpha value is -1.82. The maximum Gasteiger partial charge on any atom is 0.194 e. The fourth-order valence-electron chi connectivity index (χ4n) is 2.28. The molecule has 0 amide bonds. The van der Waals surface area contributed by atoms with E-state index in [4.69, 9.17) is 0 Å². The van der Waals surface area contributed by atoms with E-state index < -0.39 is 23.5 Å². The van der Waals surface area contributed by atoms with Gasteiger partial charge in [0.2, 0.25) is 0 Å². The second-order valence-corrected chi connectivity index (χ2v) is 4.51. The Bertz CT molecular complexity index is 622. The van der Waals surface area contributed by atoms with Crippen molar-refractivity contribution < 1.29 is 13.2 Å². The summed E-state index contributed by atoms with van der Waals surface area (Å²) in [7, 11) is 1.63. The monoisotopic (exact) mass is 283 g/mol. The second-order valence-electron chi connectivity index (χ2n) is 4.51. The lowest BCUT2D eigenvalue weighted by atomic mass is 10.0. The normalized spacial score (nSPS) is 12.7. The fourth-order valence-corrected chi connectivity index (χ4v) is 2.28. The number of hydrogen-bond acceptors (Lipinski definition) is 2. The maximum absolute atomic E-state index is 13.9. The predicted molar refractivity (Wildman–Crippen MR) is 69.9 cm³/mol. The maximum atomic E-state index is 13.9. The molecule has 1 aromatic heterocycles. The van der Waals surface area contributed by atoms with Gasteiger partial charge in [-0.25, -0.2) is 13.2 Å². The summed E-state index contributed by atoms with van der Waals surface area (Å²) in [6, 6.07) is 3.38. The minimum Gasteiger partial charge on any atom is -0.308 e. The minimum absolute atomic E-state index is 0.0565. The van der Waals surface area contributed by atoms with E-state index in [2.05, 4.69) is 10.4 Å². The summed E-state index contributed by atoms with van der Waals surface area (Å²) in [6.45, 7) is 4.33. The SMILES string of the molecule is CCn1nc(C)cc1C(NC)c1ccc(F)c(F)c1F. The van der Waals surface area contributed by atoms with Gasteiger partial charge in [0.05, 0.1) is 17.4 Å². The molecule has 0 radical (unpaired) electrons. The Morgan fingerprint density at radius 2 is 1.95 bits per heavy atom. The molecule has 2 rings (SSSR count). The van der Waals surface area contributed by atoms with E-state index in [-0.39, 0.29) is 5.56 Å². The zero-order valence-electron chi connectivity index (χ0n) is 11.5. The van der Waals surface area contributed by atoms with Crippen molar-refractivity contribution in [1.29, 1.82) is 0 Å². The molecule has 0 spiro atoms. The third-order valence-corrected chi connectivity index (χ3v) is 3.19. The van der Waals surface area contributed by atoms with E-state index in [0.29, 0.717) is 12.2 Å². The Balaban J connectivity index is 2.55. The van der Waals surface area contributed by atoms with Gasteiger partial charge in [0, 0.05) is 12.1 Å². The van der Waals surface area contributed by atoms with E-state index >= 15 is 0 Å². The smallest absolute Gasteiger partial charge is 0.194 e. The molecule has 6 heteroatoms. The molecule has 2 aromatic rings. The quantitative estimate of drug-likeness (QED) is 0.874. The van der Waals surface area contributed by atoms with Gasteiger partial charge in [0.1, 0.15) is 0 Å². The molecule has 0 saturated carbocycles. The topological polar surface area (TPSA) is 29.9 Å². The minimum atomic E-state index is -1.46. The van der Waals surface area contributed by atoms with E-state index in [1.165, 1.54) is 6.07 Å². The average Bonchev–Trinajstić information content (AvgIpc) is 2.80. The van der Waals surface area contributed by atoms with E-state index in [1.807, 2.05) is 13.8 Å². The number of hydrogen-bond donors (Lipinski definition) is 1. The number of halogens is 3. The standard InChI is InChI=1S/C14H16F3N3/c1-4-20-11(7-8(2)19-20)14(18-3)9-5-6-10(15)13(17)12(9)16/h5-7,14,18H,4H2,1-3H3. The largest absolute Gasteiger partial charge is 0.308 e. The van der Waals surface area contributed by atoms with Gasteiger partial charge in [0.15, 0.2) is 17.5 Å². The summed E-state index contributed by atoms with van der Waals surface area (Å²) < 4.78 is 42.1. The Morgan fingerprint density at radius 1 is 1.25 bits per heavy atom. The summed E-state index contributed by atoms with van der Waals surface area (Å²) in [5.41, 5.74) is 1.54. The highest BCUT2D eigenvalue weighted by atomic mass is 19.2. The first-order chi connectivity index (χ1) is 9.49. The molecule has 3 nitrogen and oxygen atoms in total. The van der Waals surface area contributed by atoms with Crippen molar-refractivity contribution in [2.24, 2.45) is 0 Å². The third-order valence-electron chi connectivity index (χ3n) is 3.19. The molecule has 0 bridgehead atoms. The number of rotatable bonds is 4. The van der Waals surface area contributed by atoms with Crippen LogP contribution in [0.25, 0.3) is 0 Å². The zero-order valence-corrected chi connectivity index (χ0v) is 11.5. The molecule has 1 heterocycles. The van der Waals surface area contributed by atoms with Crippen molar-refractivity contribution in [2.45, 2.75) is 26.4 Å². The molecule has 0 aliphatic carbocycles. The Morgan fingerprint density at radius 3 is 2.55 bits per heavy atom. The van der Waals surface area contributed by atoms with Crippen molar-refractivity contribution in [3.63, 3.8) is 0 Å². The molecule has 108 valence electrons. The van der Waals surface area contributed by atoms with Crippen LogP contribution in [0, 0.1) is 24.4 Å². The first-order valence-electron chi connectivity index (χ1n) is 6.34. The highest BCUT2D eigenvalue weighted by Gasteiger charge is 2.24. The predicted octanol–water partition coefficient (Wildman–Crippen LogP) is 2.94. The number of aromatic nitrogens is 2. The van der Waals surface area contributed by atoms with Crippen LogP contribution >= 0.6 is 0 Å². The summed E-state index contributed by atoms with van der Waals surface area (Å²) in [5.74, 6) is -3.82. The third kappa shape index (κ3) is 2.43. The van der Waals surface area contributed by atoms with Crippen LogP contribution in [-0.4, -0.2) is 16.8 Å². The van der Waals surface area contributed by atoms with Crippen LogP contribution in [0.5, 0.6) is 0 Å². The second kappa shape index (κ2) is 5.66. The lowest BCUT2D eigenvalue weighted by Gasteiger charge is -2.19. The van der Waals surface area contributed by atoms with Crippen LogP contribution in [-0.2, 0) is 6.54 Å². The molecule has 0 saturated heterocycles. The van der Waals surface area contributed by atoms with Crippen LogP contribution < -0.4 is 5.32 Å². The number of aryl methyl sites for hydroxylation is 2. The van der Waals surface area contributed by atoms with Gasteiger partial charge in [-0.1, -0.05) is 6.07 Å². The number of nitrogens with zero attached hydrogens (tertiary/aromatic N) is 2. The van der Waals surface area contributed by atoms with Crippen LogP contribution in [0.1, 0.15) is 29.9 Å². The lowest BCUT2D eigenvalue weighted by Crippen LogP contribution is -2.23. The van der Waals surface area contributed by atoms with Gasteiger partial charge in [-0.3, -0.25) is 4.68 Å². The van der Waals surface area contributed by atoms with Crippen molar-refractivity contribution in [3.8, 4) is 0 Å². The van der Waals surface area contributed by atoms with Crippen LogP contribution in [0.2, 0.25) is 0 Å². The zero-order chi connectivity index (χ0) is 14.9. The first-order valence-corrected chi connectivity index (χ1v) is 6.34. The number of benzene rings is 1. The molecule has 0 aliphatic heterocycles. The first kappa shape index (κ1) is 14.6. The van der Waals surface area contributed by atoms with Crippen molar-refractivity contribution in [1.82, 2.24) is 15.1 Å². The van der Waals surface area contributed by atoms with E-state index in [0.717, 1.165) is 11.8 Å². The average molecular weight is 283 g/mol. The van der Waals surface area contributed by atoms with Gasteiger partial charge in [0.25, 0.3) is 0 Å². The molecule has 0 fully saturated rings. The van der Waals surface area contributed by atoms with E-state index in [1.54, 1.807) is 17.8 Å². The van der Waals surface area contributed by atoms with Crippen molar-refractivity contribution in [2.75, 3.05) is 7.05 Å². The Kier molecular flexibility index (Phi) is 4.13. The summed E-state index contributed by atoms with van der Waals surface area (Å²) >= 11 is 0. The van der Waals surface area contributed by atoms with Crippen molar-refractivity contribution >= 4 is 0 Å². The molecule has 1 unspecified atom stereocenters. The summed E-state index contributed by atoms with van der Waals surface area (Å²) in [5, 5.41) is 7.20.